The zero-order valence-corrected chi connectivity index (χ0v) is 17.2. The lowest BCUT2D eigenvalue weighted by atomic mass is 10.1. The van der Waals surface area contributed by atoms with Crippen LogP contribution in [0.25, 0.3) is 55.4 Å². The molecule has 2 N–H and O–H groups in total. The fourth-order valence-electron chi connectivity index (χ4n) is 3.72. The molecule has 0 aliphatic carbocycles. The second-order valence-electron chi connectivity index (χ2n) is 7.18. The van der Waals surface area contributed by atoms with Gasteiger partial charge < -0.3 is 9.55 Å². The average Bonchev–Trinajstić information content (AvgIpc) is 3.54. The number of hydrogen-bond acceptors (Lipinski definition) is 5. The highest BCUT2D eigenvalue weighted by Gasteiger charge is 2.17. The van der Waals surface area contributed by atoms with Crippen LogP contribution >= 0.6 is 11.3 Å². The van der Waals surface area contributed by atoms with Gasteiger partial charge in [0, 0.05) is 17.5 Å². The van der Waals surface area contributed by atoms with Gasteiger partial charge in [0.15, 0.2) is 11.5 Å². The molecular weight excluding hydrogens is 394 g/mol. The van der Waals surface area contributed by atoms with Crippen LogP contribution in [-0.4, -0.2) is 34.7 Å². The molecule has 0 aliphatic rings. The predicted molar refractivity (Wildman–Crippen MR) is 119 cm³/mol. The molecule has 7 nitrogen and oxygen atoms in total. The van der Waals surface area contributed by atoms with E-state index in [0.717, 1.165) is 44.8 Å². The fourth-order valence-corrected chi connectivity index (χ4v) is 4.47. The number of thiophene rings is 1. The number of hydrogen-bond donors (Lipinski definition) is 2. The molecule has 146 valence electrons. The van der Waals surface area contributed by atoms with Gasteiger partial charge in [0.1, 0.15) is 11.3 Å². The standard InChI is InChI=1S/C22H17N7S/c1-12-23-11-17(29(12)2)14-8-9-16-20(24-14)21(28-27-16)22-25-15-6-3-5-13(19(15)26-22)18-7-4-10-30-18/h3-11H,1-2H3,(H,25,26)(H,27,28). The van der Waals surface area contributed by atoms with Crippen LogP contribution in [0.5, 0.6) is 0 Å². The Morgan fingerprint density at radius 2 is 1.90 bits per heavy atom. The lowest BCUT2D eigenvalue weighted by Crippen LogP contribution is -1.96. The second-order valence-corrected chi connectivity index (χ2v) is 8.13. The summed E-state index contributed by atoms with van der Waals surface area (Å²) >= 11 is 1.71. The Kier molecular flexibility index (Phi) is 3.63. The fraction of sp³-hybridized carbons (Fsp3) is 0.0909. The van der Waals surface area contributed by atoms with Crippen molar-refractivity contribution in [2.24, 2.45) is 7.05 Å². The van der Waals surface area contributed by atoms with Crippen molar-refractivity contribution >= 4 is 33.4 Å². The van der Waals surface area contributed by atoms with Crippen molar-refractivity contribution in [2.45, 2.75) is 6.92 Å². The number of H-pyrrole nitrogens is 2. The number of nitrogens with one attached hydrogen (secondary N) is 2. The summed E-state index contributed by atoms with van der Waals surface area (Å²) in [4.78, 5) is 18.8. The third kappa shape index (κ3) is 2.50. The number of aromatic nitrogens is 7. The van der Waals surface area contributed by atoms with Crippen LogP contribution in [-0.2, 0) is 7.05 Å². The molecule has 6 rings (SSSR count). The maximum Gasteiger partial charge on any atom is 0.161 e. The first-order valence-electron chi connectivity index (χ1n) is 9.56. The van der Waals surface area contributed by atoms with Crippen LogP contribution in [0.4, 0.5) is 0 Å². The van der Waals surface area contributed by atoms with Crippen LogP contribution in [0.3, 0.4) is 0 Å². The van der Waals surface area contributed by atoms with Gasteiger partial charge in [0.05, 0.1) is 34.1 Å². The Labute approximate surface area is 175 Å². The minimum absolute atomic E-state index is 0.700. The molecular formula is C22H17N7S. The summed E-state index contributed by atoms with van der Waals surface area (Å²) in [5.74, 6) is 1.64. The molecule has 0 saturated carbocycles. The monoisotopic (exact) mass is 411 g/mol. The predicted octanol–water partition coefficient (Wildman–Crippen LogP) is 4.94. The van der Waals surface area contributed by atoms with Gasteiger partial charge in [0.25, 0.3) is 0 Å². The number of rotatable bonds is 3. The number of imidazole rings is 2. The number of nitrogens with zero attached hydrogens (tertiary/aromatic N) is 5. The molecule has 1 aromatic carbocycles. The van der Waals surface area contributed by atoms with E-state index in [2.05, 4.69) is 43.7 Å². The van der Waals surface area contributed by atoms with Gasteiger partial charge >= 0.3 is 0 Å². The second kappa shape index (κ2) is 6.36. The summed E-state index contributed by atoms with van der Waals surface area (Å²) in [6, 6.07) is 14.3. The zero-order chi connectivity index (χ0) is 20.2. The lowest BCUT2D eigenvalue weighted by molar-refractivity contribution is 0.862. The number of aromatic amines is 2. The van der Waals surface area contributed by atoms with Crippen LogP contribution < -0.4 is 0 Å². The number of pyridine rings is 1. The number of fused-ring (bicyclic) bond motifs is 2. The minimum atomic E-state index is 0.700. The molecule has 0 radical (unpaired) electrons. The van der Waals surface area contributed by atoms with Crippen LogP contribution in [0.2, 0.25) is 0 Å². The molecule has 6 aromatic rings. The van der Waals surface area contributed by atoms with Crippen molar-refractivity contribution in [2.75, 3.05) is 0 Å². The quantitative estimate of drug-likeness (QED) is 0.432. The van der Waals surface area contributed by atoms with E-state index in [1.54, 1.807) is 11.3 Å². The van der Waals surface area contributed by atoms with E-state index in [9.17, 15) is 0 Å². The summed E-state index contributed by atoms with van der Waals surface area (Å²) in [6.45, 7) is 1.98. The summed E-state index contributed by atoms with van der Waals surface area (Å²) < 4.78 is 2.03. The van der Waals surface area contributed by atoms with Crippen molar-refractivity contribution < 1.29 is 0 Å². The van der Waals surface area contributed by atoms with E-state index in [1.165, 1.54) is 4.88 Å². The van der Waals surface area contributed by atoms with Crippen molar-refractivity contribution in [3.8, 4) is 33.3 Å². The maximum atomic E-state index is 4.90. The van der Waals surface area contributed by atoms with Gasteiger partial charge in [0.2, 0.25) is 0 Å². The van der Waals surface area contributed by atoms with Gasteiger partial charge in [-0.2, -0.15) is 5.10 Å². The van der Waals surface area contributed by atoms with Gasteiger partial charge in [-0.1, -0.05) is 18.2 Å². The van der Waals surface area contributed by atoms with E-state index in [-0.39, 0.29) is 0 Å². The number of aryl methyl sites for hydroxylation is 1. The third-order valence-electron chi connectivity index (χ3n) is 5.41. The summed E-state index contributed by atoms with van der Waals surface area (Å²) in [6.07, 6.45) is 1.84. The highest BCUT2D eigenvalue weighted by molar-refractivity contribution is 7.13. The highest BCUT2D eigenvalue weighted by atomic mass is 32.1. The molecule has 0 amide bonds. The van der Waals surface area contributed by atoms with E-state index in [0.29, 0.717) is 11.5 Å². The molecule has 5 aromatic heterocycles. The Morgan fingerprint density at radius 3 is 2.70 bits per heavy atom. The summed E-state index contributed by atoms with van der Waals surface area (Å²) in [5.41, 5.74) is 7.20. The Bertz CT molecular complexity index is 1520. The Balaban J connectivity index is 1.53. The van der Waals surface area contributed by atoms with Crippen LogP contribution in [0.15, 0.2) is 54.0 Å². The first-order valence-corrected chi connectivity index (χ1v) is 10.4. The first kappa shape index (κ1) is 17.1. The lowest BCUT2D eigenvalue weighted by Gasteiger charge is -2.03. The normalized spacial score (nSPS) is 11.7. The molecule has 0 saturated heterocycles. The zero-order valence-electron chi connectivity index (χ0n) is 16.3. The van der Waals surface area contributed by atoms with E-state index in [4.69, 9.17) is 9.97 Å². The van der Waals surface area contributed by atoms with E-state index in [1.807, 2.05) is 49.0 Å². The number of benzene rings is 1. The number of para-hydroxylation sites is 1. The van der Waals surface area contributed by atoms with Gasteiger partial charge in [-0.15, -0.1) is 11.3 Å². The molecule has 0 spiro atoms. The molecule has 30 heavy (non-hydrogen) atoms. The van der Waals surface area contributed by atoms with E-state index < -0.39 is 0 Å². The van der Waals surface area contributed by atoms with Gasteiger partial charge in [-0.3, -0.25) is 5.10 Å². The largest absolute Gasteiger partial charge is 0.336 e. The molecule has 0 unspecified atom stereocenters. The third-order valence-corrected chi connectivity index (χ3v) is 6.32. The summed E-state index contributed by atoms with van der Waals surface area (Å²) in [5, 5.41) is 9.67. The minimum Gasteiger partial charge on any atom is -0.336 e. The SMILES string of the molecule is Cc1ncc(-c2ccc3[nH]nc(-c4nc5c(-c6cccs6)cccc5[nH]4)c3n2)n1C. The molecule has 8 heteroatoms. The van der Waals surface area contributed by atoms with Crippen molar-refractivity contribution in [3.63, 3.8) is 0 Å². The highest BCUT2D eigenvalue weighted by Crippen LogP contribution is 2.33. The van der Waals surface area contributed by atoms with Gasteiger partial charge in [-0.05, 0) is 36.6 Å². The Hall–Kier alpha value is -3.78. The molecule has 0 bridgehead atoms. The van der Waals surface area contributed by atoms with Crippen LogP contribution in [0.1, 0.15) is 5.82 Å². The van der Waals surface area contributed by atoms with Gasteiger partial charge in [-0.25, -0.2) is 15.0 Å². The van der Waals surface area contributed by atoms with Crippen molar-refractivity contribution in [1.82, 2.24) is 34.7 Å². The molecule has 0 atom stereocenters. The van der Waals surface area contributed by atoms with Crippen molar-refractivity contribution in [3.05, 3.63) is 59.9 Å². The molecule has 5 heterocycles. The topological polar surface area (TPSA) is 88.1 Å². The smallest absolute Gasteiger partial charge is 0.161 e. The van der Waals surface area contributed by atoms with Crippen molar-refractivity contribution in [1.29, 1.82) is 0 Å². The molecule has 0 fully saturated rings. The maximum absolute atomic E-state index is 4.90. The average molecular weight is 411 g/mol. The van der Waals surface area contributed by atoms with Crippen LogP contribution in [0, 0.1) is 6.92 Å². The Morgan fingerprint density at radius 1 is 0.967 bits per heavy atom. The summed E-state index contributed by atoms with van der Waals surface area (Å²) in [7, 11) is 1.99. The first-order chi connectivity index (χ1) is 14.7. The molecule has 0 aliphatic heterocycles. The van der Waals surface area contributed by atoms with E-state index >= 15 is 0 Å².